The zero-order valence-electron chi connectivity index (χ0n) is 18.4. The largest absolute Gasteiger partial charge is 0.137 e. The van der Waals surface area contributed by atoms with E-state index in [2.05, 4.69) is 116 Å². The van der Waals surface area contributed by atoms with Crippen molar-refractivity contribution in [1.82, 2.24) is 0 Å². The molecule has 0 radical (unpaired) electrons. The number of thioether (sulfide) groups is 1. The Morgan fingerprint density at radius 1 is 0.839 bits per heavy atom. The Bertz CT molecular complexity index is 1020. The number of hydrogen-bond acceptors (Lipinski definition) is 1. The first-order chi connectivity index (χ1) is 15.3. The molecule has 4 aliphatic rings. The molecule has 0 spiro atoms. The van der Waals surface area contributed by atoms with Crippen LogP contribution < -0.4 is 5.19 Å². The van der Waals surface area contributed by atoms with Gasteiger partial charge in [0.25, 0.3) is 0 Å². The average Bonchev–Trinajstić information content (AvgIpc) is 3.33. The Morgan fingerprint density at radius 2 is 1.74 bits per heavy atom. The van der Waals surface area contributed by atoms with E-state index in [0.717, 1.165) is 6.42 Å². The Labute approximate surface area is 192 Å². The first-order valence-electron chi connectivity index (χ1n) is 11.8. The van der Waals surface area contributed by atoms with Gasteiger partial charge in [-0.15, -0.1) is 11.8 Å². The van der Waals surface area contributed by atoms with Gasteiger partial charge in [0.05, 0.1) is 0 Å². The molecular weight excluding hydrogens is 408 g/mol. The van der Waals surface area contributed by atoms with Gasteiger partial charge in [0.2, 0.25) is 0 Å². The van der Waals surface area contributed by atoms with Crippen LogP contribution in [0.3, 0.4) is 0 Å². The van der Waals surface area contributed by atoms with Gasteiger partial charge in [0, 0.05) is 9.78 Å². The molecule has 0 saturated heterocycles. The van der Waals surface area contributed by atoms with Crippen molar-refractivity contribution in [2.45, 2.75) is 49.4 Å². The van der Waals surface area contributed by atoms with Crippen molar-refractivity contribution >= 4 is 25.0 Å². The van der Waals surface area contributed by atoms with Crippen LogP contribution in [0.5, 0.6) is 0 Å². The minimum atomic E-state index is -2.06. The van der Waals surface area contributed by atoms with E-state index in [0.29, 0.717) is 16.3 Å². The van der Waals surface area contributed by atoms with Crippen LogP contribution in [0.1, 0.15) is 39.0 Å². The third kappa shape index (κ3) is 3.96. The van der Waals surface area contributed by atoms with Crippen LogP contribution in [-0.2, 0) is 0 Å². The first-order valence-corrected chi connectivity index (χ1v) is 14.8. The molecule has 0 bridgehead atoms. The van der Waals surface area contributed by atoms with Crippen molar-refractivity contribution in [3.8, 4) is 0 Å². The summed E-state index contributed by atoms with van der Waals surface area (Å²) in [5, 5.41) is 3.26. The zero-order chi connectivity index (χ0) is 21.1. The number of allylic oxidation sites excluding steroid dienone is 13. The molecule has 1 heterocycles. The summed E-state index contributed by atoms with van der Waals surface area (Å²) in [6.45, 7) is 2.31. The lowest BCUT2D eigenvalue weighted by molar-refractivity contribution is 0.733. The number of rotatable bonds is 5. The lowest BCUT2D eigenvalue weighted by Crippen LogP contribution is -2.61. The molecule has 3 aliphatic carbocycles. The molecule has 0 nitrogen and oxygen atoms in total. The monoisotopic (exact) mass is 440 g/mol. The summed E-state index contributed by atoms with van der Waals surface area (Å²) in [4.78, 5) is 2.14. The van der Waals surface area contributed by atoms with Crippen molar-refractivity contribution in [2.24, 2.45) is 5.92 Å². The third-order valence-corrected chi connectivity index (χ3v) is 15.2. The fourth-order valence-corrected chi connectivity index (χ4v) is 14.5. The average molecular weight is 441 g/mol. The predicted octanol–water partition coefficient (Wildman–Crippen LogP) is 7.50. The van der Waals surface area contributed by atoms with Gasteiger partial charge in [-0.05, 0) is 49.1 Å². The van der Waals surface area contributed by atoms with Crippen LogP contribution in [-0.4, -0.2) is 12.9 Å². The van der Waals surface area contributed by atoms with Crippen molar-refractivity contribution in [3.05, 3.63) is 113 Å². The molecule has 2 heteroatoms. The maximum atomic E-state index is 2.59. The molecule has 4 atom stereocenters. The molecule has 5 rings (SSSR count). The molecule has 1 aromatic carbocycles. The van der Waals surface area contributed by atoms with Gasteiger partial charge >= 0.3 is 0 Å². The smallest absolute Gasteiger partial charge is 0.124 e. The minimum Gasteiger partial charge on any atom is -0.124 e. The Balaban J connectivity index is 1.58. The highest BCUT2D eigenvalue weighted by Crippen LogP contribution is 2.50. The molecule has 0 fully saturated rings. The van der Waals surface area contributed by atoms with Crippen molar-refractivity contribution in [2.75, 3.05) is 0 Å². The molecule has 4 unspecified atom stereocenters. The van der Waals surface area contributed by atoms with E-state index in [-0.39, 0.29) is 0 Å². The summed E-state index contributed by atoms with van der Waals surface area (Å²) in [5.74, 6) is 0.668. The van der Waals surface area contributed by atoms with E-state index < -0.39 is 8.07 Å². The van der Waals surface area contributed by atoms with Gasteiger partial charge < -0.3 is 0 Å². The second-order valence-corrected chi connectivity index (χ2v) is 15.2. The van der Waals surface area contributed by atoms with Crippen LogP contribution >= 0.6 is 11.8 Å². The fourth-order valence-electron chi connectivity index (χ4n) is 5.60. The molecule has 0 saturated carbocycles. The highest BCUT2D eigenvalue weighted by molar-refractivity contribution is 8.06. The second-order valence-electron chi connectivity index (χ2n) is 9.17. The summed E-state index contributed by atoms with van der Waals surface area (Å²) in [5.41, 5.74) is 2.06. The van der Waals surface area contributed by atoms with Crippen LogP contribution in [0.2, 0.25) is 5.54 Å². The summed E-state index contributed by atoms with van der Waals surface area (Å²) in [6, 6.07) is 11.6. The zero-order valence-corrected chi connectivity index (χ0v) is 20.2. The molecule has 1 aliphatic heterocycles. The third-order valence-electron chi connectivity index (χ3n) is 7.18. The van der Waals surface area contributed by atoms with Crippen molar-refractivity contribution in [1.29, 1.82) is 0 Å². The number of benzene rings is 1. The van der Waals surface area contributed by atoms with E-state index in [1.165, 1.54) is 36.2 Å². The minimum absolute atomic E-state index is 0.607. The first kappa shape index (κ1) is 20.8. The quantitative estimate of drug-likeness (QED) is 0.427. The number of hydrogen-bond donors (Lipinski definition) is 0. The van der Waals surface area contributed by atoms with E-state index in [9.17, 15) is 0 Å². The van der Waals surface area contributed by atoms with Gasteiger partial charge in [0.15, 0.2) is 0 Å². The molecule has 1 aromatic rings. The molecule has 31 heavy (non-hydrogen) atoms. The normalized spacial score (nSPS) is 29.3. The highest BCUT2D eigenvalue weighted by atomic mass is 32.2. The summed E-state index contributed by atoms with van der Waals surface area (Å²) in [7, 11) is -2.06. The summed E-state index contributed by atoms with van der Waals surface area (Å²) >= 11 is 2.18. The van der Waals surface area contributed by atoms with Gasteiger partial charge in [-0.2, -0.15) is 0 Å². The lowest BCUT2D eigenvalue weighted by atomic mass is 9.98. The predicted molar refractivity (Wildman–Crippen MR) is 140 cm³/mol. The Morgan fingerprint density at radius 3 is 2.45 bits per heavy atom. The maximum absolute atomic E-state index is 2.59. The topological polar surface area (TPSA) is 0 Å². The van der Waals surface area contributed by atoms with Crippen LogP contribution in [0.25, 0.3) is 0 Å². The van der Waals surface area contributed by atoms with Crippen LogP contribution in [0.4, 0.5) is 0 Å². The summed E-state index contributed by atoms with van der Waals surface area (Å²) < 4.78 is 0. The van der Waals surface area contributed by atoms with E-state index in [4.69, 9.17) is 0 Å². The lowest BCUT2D eigenvalue weighted by Gasteiger charge is -2.45. The van der Waals surface area contributed by atoms with Crippen LogP contribution in [0, 0.1) is 5.92 Å². The second kappa shape index (κ2) is 9.22. The van der Waals surface area contributed by atoms with Crippen molar-refractivity contribution < 1.29 is 0 Å². The molecule has 158 valence electrons. The van der Waals surface area contributed by atoms with E-state index in [1.54, 1.807) is 10.4 Å². The Hall–Kier alpha value is -2.03. The SMILES string of the molecule is CC1C=CC(C2=CCC([Si](C3=CCCC=C3)(c3ccccc3)C3C=CC=CC3)S2)=CC1. The standard InChI is InChI=1S/C29H32SSi/c1-23-17-19-24(20-18-23)28-21-22-29(30-28)31(25-11-5-2-6-12-25,26-13-7-3-8-14-26)27-15-9-4-10-16-27/h2-3,5-9,11-13,15-17,19-21,23,26,29H,4,10,14,18,22H2,1H3. The van der Waals surface area contributed by atoms with Gasteiger partial charge in [0.1, 0.15) is 8.07 Å². The molecule has 0 aromatic heterocycles. The molecule has 0 amide bonds. The van der Waals surface area contributed by atoms with Crippen LogP contribution in [0.15, 0.2) is 113 Å². The van der Waals surface area contributed by atoms with E-state index in [1.807, 2.05) is 0 Å². The summed E-state index contributed by atoms with van der Waals surface area (Å²) in [6.07, 6.45) is 32.6. The van der Waals surface area contributed by atoms with Gasteiger partial charge in [-0.25, -0.2) is 0 Å². The maximum Gasteiger partial charge on any atom is 0.137 e. The Kier molecular flexibility index (Phi) is 6.20. The van der Waals surface area contributed by atoms with Crippen molar-refractivity contribution in [3.63, 3.8) is 0 Å². The van der Waals surface area contributed by atoms with E-state index >= 15 is 0 Å². The highest BCUT2D eigenvalue weighted by Gasteiger charge is 2.51. The molecular formula is C29H32SSi. The molecule has 0 N–H and O–H groups in total. The fraction of sp³-hybridized carbons (Fsp3) is 0.310. The van der Waals surface area contributed by atoms with Gasteiger partial charge in [-0.1, -0.05) is 114 Å². The van der Waals surface area contributed by atoms with Gasteiger partial charge in [-0.3, -0.25) is 0 Å².